The van der Waals surface area contributed by atoms with Gasteiger partial charge in [-0.1, -0.05) is 31.8 Å². The highest BCUT2D eigenvalue weighted by Crippen LogP contribution is 2.22. The van der Waals surface area contributed by atoms with E-state index in [1.54, 1.807) is 36.0 Å². The smallest absolute Gasteiger partial charge is 0.261 e. The number of hydrogen-bond donors (Lipinski definition) is 0. The Labute approximate surface area is 160 Å². The van der Waals surface area contributed by atoms with Gasteiger partial charge in [-0.15, -0.1) is 0 Å². The second-order valence-corrected chi connectivity index (χ2v) is 15.5. The molecular formula is C18H27NO3S2Si. The molecule has 0 saturated heterocycles. The minimum absolute atomic E-state index is 0.170. The molecule has 2 rings (SSSR count). The minimum atomic E-state index is -0.948. The lowest BCUT2D eigenvalue weighted by molar-refractivity contribution is 0.0664. The molecule has 0 unspecified atom stereocenters. The van der Waals surface area contributed by atoms with Gasteiger partial charge in [0.2, 0.25) is 0 Å². The first-order chi connectivity index (χ1) is 11.9. The van der Waals surface area contributed by atoms with E-state index in [-0.39, 0.29) is 11.8 Å². The highest BCUT2D eigenvalue weighted by atomic mass is 32.2. The maximum Gasteiger partial charge on any atom is 0.261 e. The lowest BCUT2D eigenvalue weighted by Gasteiger charge is -2.14. The van der Waals surface area contributed by atoms with Crippen molar-refractivity contribution in [1.29, 1.82) is 0 Å². The van der Waals surface area contributed by atoms with Gasteiger partial charge >= 0.3 is 0 Å². The summed E-state index contributed by atoms with van der Waals surface area (Å²) in [5, 5.41) is 1.28. The van der Waals surface area contributed by atoms with E-state index in [1.807, 2.05) is 11.8 Å². The molecule has 0 fully saturated rings. The Morgan fingerprint density at radius 3 is 2.04 bits per heavy atom. The topological polar surface area (TPSA) is 46.6 Å². The van der Waals surface area contributed by atoms with Crippen LogP contribution in [0.3, 0.4) is 0 Å². The van der Waals surface area contributed by atoms with E-state index in [1.165, 1.54) is 10.3 Å². The van der Waals surface area contributed by atoms with Crippen molar-refractivity contribution >= 4 is 43.4 Å². The van der Waals surface area contributed by atoms with E-state index >= 15 is 0 Å². The molecule has 0 spiro atoms. The number of carbonyl (C=O) groups excluding carboxylic acids is 2. The van der Waals surface area contributed by atoms with Gasteiger partial charge < -0.3 is 4.74 Å². The maximum absolute atomic E-state index is 12.2. The molecule has 138 valence electrons. The van der Waals surface area contributed by atoms with Crippen LogP contribution in [-0.4, -0.2) is 67.2 Å². The quantitative estimate of drug-likeness (QED) is 0.324. The van der Waals surface area contributed by atoms with Gasteiger partial charge in [0.25, 0.3) is 11.8 Å². The van der Waals surface area contributed by atoms with Crippen molar-refractivity contribution in [2.75, 3.05) is 42.4 Å². The van der Waals surface area contributed by atoms with Gasteiger partial charge in [-0.2, -0.15) is 23.5 Å². The molecular weight excluding hydrogens is 370 g/mol. The summed E-state index contributed by atoms with van der Waals surface area (Å²) in [5.74, 6) is 2.36. The zero-order chi connectivity index (χ0) is 18.3. The molecule has 2 amide bonds. The lowest BCUT2D eigenvalue weighted by Crippen LogP contribution is -2.31. The molecule has 0 radical (unpaired) electrons. The molecule has 1 heterocycles. The fraction of sp³-hybridized carbons (Fsp3) is 0.556. The number of carbonyl (C=O) groups is 2. The third-order valence-electron chi connectivity index (χ3n) is 3.62. The van der Waals surface area contributed by atoms with E-state index in [2.05, 4.69) is 19.6 Å². The van der Waals surface area contributed by atoms with Crippen LogP contribution in [0.4, 0.5) is 0 Å². The Bertz CT molecular complexity index is 569. The summed E-state index contributed by atoms with van der Waals surface area (Å²) in [6, 6.07) is 7.02. The summed E-state index contributed by atoms with van der Waals surface area (Å²) in [5.41, 5.74) is 1.05. The van der Waals surface area contributed by atoms with Crippen molar-refractivity contribution < 1.29 is 14.3 Å². The molecule has 1 aromatic carbocycles. The fourth-order valence-corrected chi connectivity index (χ4v) is 6.43. The second-order valence-electron chi connectivity index (χ2n) is 7.15. The minimum Gasteiger partial charge on any atom is -0.380 e. The molecule has 0 atom stereocenters. The van der Waals surface area contributed by atoms with Gasteiger partial charge in [0.05, 0.1) is 32.4 Å². The SMILES string of the molecule is C[Si](C)(C)CSCCOCCSCCN1C(=O)c2ccccc2C1=O. The van der Waals surface area contributed by atoms with E-state index in [0.717, 1.165) is 30.5 Å². The van der Waals surface area contributed by atoms with Crippen molar-refractivity contribution in [2.45, 2.75) is 19.6 Å². The summed E-state index contributed by atoms with van der Waals surface area (Å²) < 4.78 is 5.64. The zero-order valence-corrected chi connectivity index (χ0v) is 17.9. The largest absolute Gasteiger partial charge is 0.380 e. The average Bonchev–Trinajstić information content (AvgIpc) is 2.80. The van der Waals surface area contributed by atoms with Gasteiger partial charge in [-0.25, -0.2) is 0 Å². The second kappa shape index (κ2) is 9.80. The number of fused-ring (bicyclic) bond motifs is 1. The Hall–Kier alpha value is -0.763. The van der Waals surface area contributed by atoms with E-state index in [0.29, 0.717) is 17.7 Å². The summed E-state index contributed by atoms with van der Waals surface area (Å²) in [6.07, 6.45) is 0. The standard InChI is InChI=1S/C18H27NO3S2Si/c1-25(2,3)14-24-13-10-22-9-12-23-11-8-19-17(20)15-6-4-5-7-16(15)18(19)21/h4-7H,8-14H2,1-3H3. The first-order valence-electron chi connectivity index (χ1n) is 8.58. The van der Waals surface area contributed by atoms with Crippen molar-refractivity contribution in [3.8, 4) is 0 Å². The van der Waals surface area contributed by atoms with Crippen LogP contribution < -0.4 is 0 Å². The van der Waals surface area contributed by atoms with Crippen LogP contribution in [0.15, 0.2) is 24.3 Å². The number of benzene rings is 1. The lowest BCUT2D eigenvalue weighted by atomic mass is 10.1. The number of imide groups is 1. The molecule has 0 aliphatic carbocycles. The first-order valence-corrected chi connectivity index (χ1v) is 14.6. The molecule has 7 heteroatoms. The van der Waals surface area contributed by atoms with E-state index in [9.17, 15) is 9.59 Å². The predicted octanol–water partition coefficient (Wildman–Crippen LogP) is 3.64. The van der Waals surface area contributed by atoms with Gasteiger partial charge in [-0.05, 0) is 17.5 Å². The number of hydrogen-bond acceptors (Lipinski definition) is 5. The van der Waals surface area contributed by atoms with Crippen LogP contribution in [0.25, 0.3) is 0 Å². The number of ether oxygens (including phenoxy) is 1. The van der Waals surface area contributed by atoms with E-state index in [4.69, 9.17) is 4.74 Å². The van der Waals surface area contributed by atoms with Crippen LogP contribution >= 0.6 is 23.5 Å². The van der Waals surface area contributed by atoms with Crippen LogP contribution in [0.5, 0.6) is 0 Å². The summed E-state index contributed by atoms with van der Waals surface area (Å²) in [7, 11) is -0.948. The third kappa shape index (κ3) is 6.47. The van der Waals surface area contributed by atoms with E-state index < -0.39 is 8.07 Å². The Morgan fingerprint density at radius 1 is 0.920 bits per heavy atom. The number of amides is 2. The number of rotatable bonds is 11. The van der Waals surface area contributed by atoms with Crippen LogP contribution in [0.2, 0.25) is 19.6 Å². The average molecular weight is 398 g/mol. The molecule has 1 aliphatic rings. The fourth-order valence-electron chi connectivity index (χ4n) is 2.42. The summed E-state index contributed by atoms with van der Waals surface area (Å²) in [4.78, 5) is 25.8. The Morgan fingerprint density at radius 2 is 1.48 bits per heavy atom. The van der Waals surface area contributed by atoms with Gasteiger partial charge in [-0.3, -0.25) is 14.5 Å². The molecule has 0 N–H and O–H groups in total. The third-order valence-corrected chi connectivity index (χ3v) is 9.28. The normalized spacial score (nSPS) is 14.3. The molecule has 0 saturated carbocycles. The predicted molar refractivity (Wildman–Crippen MR) is 111 cm³/mol. The molecule has 25 heavy (non-hydrogen) atoms. The molecule has 0 bridgehead atoms. The Kier molecular flexibility index (Phi) is 8.06. The maximum atomic E-state index is 12.2. The van der Waals surface area contributed by atoms with Crippen molar-refractivity contribution in [2.24, 2.45) is 0 Å². The van der Waals surface area contributed by atoms with Crippen LogP contribution in [0.1, 0.15) is 20.7 Å². The Balaban J connectivity index is 1.53. The number of nitrogens with zero attached hydrogens (tertiary/aromatic N) is 1. The molecule has 0 aromatic heterocycles. The van der Waals surface area contributed by atoms with Gasteiger partial charge in [0, 0.05) is 23.8 Å². The van der Waals surface area contributed by atoms with Crippen LogP contribution in [0, 0.1) is 0 Å². The molecule has 1 aromatic rings. The van der Waals surface area contributed by atoms with Gasteiger partial charge in [0.1, 0.15) is 0 Å². The summed E-state index contributed by atoms with van der Waals surface area (Å²) >= 11 is 3.71. The summed E-state index contributed by atoms with van der Waals surface area (Å²) in [6.45, 7) is 9.13. The van der Waals surface area contributed by atoms with Crippen molar-refractivity contribution in [3.05, 3.63) is 35.4 Å². The molecule has 1 aliphatic heterocycles. The highest BCUT2D eigenvalue weighted by molar-refractivity contribution is 8.00. The van der Waals surface area contributed by atoms with Crippen molar-refractivity contribution in [3.63, 3.8) is 0 Å². The number of thioether (sulfide) groups is 2. The highest BCUT2D eigenvalue weighted by Gasteiger charge is 2.34. The monoisotopic (exact) mass is 397 g/mol. The van der Waals surface area contributed by atoms with Gasteiger partial charge in [0.15, 0.2) is 0 Å². The van der Waals surface area contributed by atoms with Crippen LogP contribution in [-0.2, 0) is 4.74 Å². The zero-order valence-electron chi connectivity index (χ0n) is 15.2. The first kappa shape index (κ1) is 20.5. The molecule has 4 nitrogen and oxygen atoms in total. The van der Waals surface area contributed by atoms with Crippen molar-refractivity contribution in [1.82, 2.24) is 4.90 Å².